The number of para-hydroxylation sites is 1. The first-order chi connectivity index (χ1) is 11.2. The SMILES string of the molecule is O=S(=O)(Nc1cccc2cn[nH]c12)c1ccc(OC(F)(F)F)cc1. The Hall–Kier alpha value is -2.75. The molecule has 6 nitrogen and oxygen atoms in total. The summed E-state index contributed by atoms with van der Waals surface area (Å²) in [7, 11) is -3.98. The summed E-state index contributed by atoms with van der Waals surface area (Å²) in [6.45, 7) is 0. The molecule has 2 N–H and O–H groups in total. The van der Waals surface area contributed by atoms with Crippen molar-refractivity contribution in [2.24, 2.45) is 0 Å². The molecule has 3 rings (SSSR count). The monoisotopic (exact) mass is 357 g/mol. The number of fused-ring (bicyclic) bond motifs is 1. The minimum Gasteiger partial charge on any atom is -0.406 e. The zero-order valence-corrected chi connectivity index (χ0v) is 12.6. The molecule has 1 heterocycles. The zero-order valence-electron chi connectivity index (χ0n) is 11.8. The van der Waals surface area contributed by atoms with E-state index >= 15 is 0 Å². The summed E-state index contributed by atoms with van der Waals surface area (Å²) < 4.78 is 67.1. The lowest BCUT2D eigenvalue weighted by molar-refractivity contribution is -0.274. The van der Waals surface area contributed by atoms with Crippen LogP contribution in [0.25, 0.3) is 10.9 Å². The van der Waals surface area contributed by atoms with E-state index in [9.17, 15) is 21.6 Å². The number of ether oxygens (including phenoxy) is 1. The molecule has 0 spiro atoms. The topological polar surface area (TPSA) is 84.1 Å². The van der Waals surface area contributed by atoms with E-state index in [0.29, 0.717) is 10.9 Å². The molecule has 0 radical (unpaired) electrons. The van der Waals surface area contributed by atoms with Gasteiger partial charge in [-0.1, -0.05) is 12.1 Å². The molecule has 0 saturated carbocycles. The molecule has 2 aromatic carbocycles. The highest BCUT2D eigenvalue weighted by molar-refractivity contribution is 7.92. The summed E-state index contributed by atoms with van der Waals surface area (Å²) in [6, 6.07) is 8.85. The first-order valence-corrected chi connectivity index (χ1v) is 8.04. The highest BCUT2D eigenvalue weighted by atomic mass is 32.2. The third kappa shape index (κ3) is 3.43. The number of rotatable bonds is 4. The fraction of sp³-hybridized carbons (Fsp3) is 0.0714. The summed E-state index contributed by atoms with van der Waals surface area (Å²) >= 11 is 0. The van der Waals surface area contributed by atoms with Crippen LogP contribution < -0.4 is 9.46 Å². The van der Waals surface area contributed by atoms with Crippen molar-refractivity contribution in [3.05, 3.63) is 48.7 Å². The Morgan fingerprint density at radius 2 is 1.79 bits per heavy atom. The third-order valence-electron chi connectivity index (χ3n) is 3.09. The molecule has 0 saturated heterocycles. The first kappa shape index (κ1) is 16.1. The van der Waals surface area contributed by atoms with Gasteiger partial charge in [0.1, 0.15) is 5.75 Å². The Balaban J connectivity index is 1.87. The highest BCUT2D eigenvalue weighted by Gasteiger charge is 2.31. The van der Waals surface area contributed by atoms with Crippen molar-refractivity contribution >= 4 is 26.6 Å². The molecule has 0 atom stereocenters. The number of hydrogen-bond donors (Lipinski definition) is 2. The molecule has 0 bridgehead atoms. The number of hydrogen-bond acceptors (Lipinski definition) is 4. The summed E-state index contributed by atoms with van der Waals surface area (Å²) in [4.78, 5) is -0.200. The Bertz CT molecular complexity index is 966. The van der Waals surface area contributed by atoms with Gasteiger partial charge in [0.2, 0.25) is 0 Å². The second-order valence-electron chi connectivity index (χ2n) is 4.76. The molecule has 10 heteroatoms. The quantitative estimate of drug-likeness (QED) is 0.751. The van der Waals surface area contributed by atoms with Gasteiger partial charge < -0.3 is 4.74 Å². The lowest BCUT2D eigenvalue weighted by Crippen LogP contribution is -2.17. The van der Waals surface area contributed by atoms with E-state index < -0.39 is 22.1 Å². The maximum absolute atomic E-state index is 12.4. The molecule has 0 aliphatic heterocycles. The van der Waals surface area contributed by atoms with Crippen LogP contribution in [0.5, 0.6) is 5.75 Å². The van der Waals surface area contributed by atoms with Crippen molar-refractivity contribution < 1.29 is 26.3 Å². The molecule has 0 unspecified atom stereocenters. The second-order valence-corrected chi connectivity index (χ2v) is 6.45. The van der Waals surface area contributed by atoms with Crippen LogP contribution in [0.1, 0.15) is 0 Å². The number of alkyl halides is 3. The normalized spacial score (nSPS) is 12.3. The molecule has 3 aromatic rings. The van der Waals surface area contributed by atoms with Gasteiger partial charge in [0, 0.05) is 5.39 Å². The number of benzene rings is 2. The van der Waals surface area contributed by atoms with Crippen LogP contribution in [-0.4, -0.2) is 25.0 Å². The highest BCUT2D eigenvalue weighted by Crippen LogP contribution is 2.26. The van der Waals surface area contributed by atoms with Crippen LogP contribution in [0.15, 0.2) is 53.6 Å². The van der Waals surface area contributed by atoms with E-state index in [2.05, 4.69) is 19.7 Å². The number of aromatic nitrogens is 2. The van der Waals surface area contributed by atoms with Crippen molar-refractivity contribution in [3.63, 3.8) is 0 Å². The molecular formula is C14H10F3N3O3S. The Morgan fingerprint density at radius 3 is 2.46 bits per heavy atom. The number of anilines is 1. The van der Waals surface area contributed by atoms with E-state index in [0.717, 1.165) is 24.3 Å². The van der Waals surface area contributed by atoms with E-state index in [4.69, 9.17) is 0 Å². The molecule has 0 aliphatic carbocycles. The Morgan fingerprint density at radius 1 is 1.08 bits per heavy atom. The molecule has 1 aromatic heterocycles. The van der Waals surface area contributed by atoms with Crippen molar-refractivity contribution in [3.8, 4) is 5.75 Å². The smallest absolute Gasteiger partial charge is 0.406 e. The third-order valence-corrected chi connectivity index (χ3v) is 4.47. The van der Waals surface area contributed by atoms with Gasteiger partial charge in [0.15, 0.2) is 0 Å². The van der Waals surface area contributed by atoms with Crippen molar-refractivity contribution in [1.82, 2.24) is 10.2 Å². The molecule has 24 heavy (non-hydrogen) atoms. The van der Waals surface area contributed by atoms with E-state index in [1.807, 2.05) is 0 Å². The lowest BCUT2D eigenvalue weighted by Gasteiger charge is -2.11. The standard InChI is InChI=1S/C14H10F3N3O3S/c15-14(16,17)23-10-4-6-11(7-5-10)24(21,22)20-12-3-1-2-9-8-18-19-13(9)12/h1-8,20H,(H,18,19). The maximum atomic E-state index is 12.4. The summed E-state index contributed by atoms with van der Waals surface area (Å²) in [6.07, 6.45) is -3.30. The van der Waals surface area contributed by atoms with Crippen LogP contribution >= 0.6 is 0 Å². The van der Waals surface area contributed by atoms with Gasteiger partial charge in [-0.3, -0.25) is 9.82 Å². The summed E-state index contributed by atoms with van der Waals surface area (Å²) in [5.74, 6) is -0.503. The van der Waals surface area contributed by atoms with Crippen LogP contribution in [-0.2, 0) is 10.0 Å². The maximum Gasteiger partial charge on any atom is 0.573 e. The summed E-state index contributed by atoms with van der Waals surface area (Å²) in [5.41, 5.74) is 0.777. The van der Waals surface area contributed by atoms with Gasteiger partial charge >= 0.3 is 6.36 Å². The average molecular weight is 357 g/mol. The van der Waals surface area contributed by atoms with Crippen LogP contribution in [0.4, 0.5) is 18.9 Å². The van der Waals surface area contributed by atoms with E-state index in [1.165, 1.54) is 6.20 Å². The number of aromatic amines is 1. The van der Waals surface area contributed by atoms with Crippen molar-refractivity contribution in [1.29, 1.82) is 0 Å². The van der Waals surface area contributed by atoms with Crippen LogP contribution in [0.3, 0.4) is 0 Å². The van der Waals surface area contributed by atoms with Gasteiger partial charge in [0.05, 0.1) is 22.3 Å². The first-order valence-electron chi connectivity index (χ1n) is 6.55. The van der Waals surface area contributed by atoms with Gasteiger partial charge in [0.25, 0.3) is 10.0 Å². The van der Waals surface area contributed by atoms with E-state index in [1.54, 1.807) is 18.2 Å². The number of halogens is 3. The average Bonchev–Trinajstić information content (AvgIpc) is 2.95. The fourth-order valence-corrected chi connectivity index (χ4v) is 3.15. The second kappa shape index (κ2) is 5.71. The molecular weight excluding hydrogens is 347 g/mol. The minimum atomic E-state index is -4.84. The molecule has 0 aliphatic rings. The number of nitrogens with zero attached hydrogens (tertiary/aromatic N) is 1. The van der Waals surface area contributed by atoms with E-state index in [-0.39, 0.29) is 10.6 Å². The van der Waals surface area contributed by atoms with Crippen molar-refractivity contribution in [2.45, 2.75) is 11.3 Å². The predicted molar refractivity (Wildman–Crippen MR) is 80.0 cm³/mol. The van der Waals surface area contributed by atoms with Gasteiger partial charge in [-0.25, -0.2) is 8.42 Å². The van der Waals surface area contributed by atoms with Gasteiger partial charge in [-0.2, -0.15) is 5.10 Å². The number of nitrogens with one attached hydrogen (secondary N) is 2. The zero-order chi connectivity index (χ0) is 17.4. The fourth-order valence-electron chi connectivity index (χ4n) is 2.08. The van der Waals surface area contributed by atoms with Crippen molar-refractivity contribution in [2.75, 3.05) is 4.72 Å². The largest absolute Gasteiger partial charge is 0.573 e. The molecule has 0 fully saturated rings. The van der Waals surface area contributed by atoms with Crippen LogP contribution in [0, 0.1) is 0 Å². The molecule has 126 valence electrons. The Labute approximate surface area is 134 Å². The predicted octanol–water partition coefficient (Wildman–Crippen LogP) is 3.26. The van der Waals surface area contributed by atoms with Gasteiger partial charge in [-0.15, -0.1) is 13.2 Å². The van der Waals surface area contributed by atoms with Gasteiger partial charge in [-0.05, 0) is 30.3 Å². The number of sulfonamides is 1. The Kier molecular flexibility index (Phi) is 3.84. The molecule has 0 amide bonds. The lowest BCUT2D eigenvalue weighted by atomic mass is 10.2. The number of H-pyrrole nitrogens is 1. The minimum absolute atomic E-state index is 0.200. The summed E-state index contributed by atoms with van der Waals surface area (Å²) in [5, 5.41) is 7.21. The van der Waals surface area contributed by atoms with Crippen LogP contribution in [0.2, 0.25) is 0 Å².